The van der Waals surface area contributed by atoms with Crippen LogP contribution in [-0.4, -0.2) is 33.2 Å². The van der Waals surface area contributed by atoms with Gasteiger partial charge in [0.15, 0.2) is 0 Å². The molecule has 0 aliphatic rings. The standard InChI is InChI=1S/C21H26Cl2N2O3S/c1-16(10-11-17-7-4-3-5-8-17)24-21(26)9-6-14-25(29(2,27)28)20-15-18(22)12-13-19(20)23/h3-5,7-8,12-13,15-16H,6,9-11,14H2,1-2H3,(H,24,26)/t16-/m1/s1. The van der Waals surface area contributed by atoms with Crippen molar-refractivity contribution < 1.29 is 13.2 Å². The molecule has 1 amide bonds. The van der Waals surface area contributed by atoms with Crippen molar-refractivity contribution in [3.05, 3.63) is 64.1 Å². The van der Waals surface area contributed by atoms with E-state index >= 15 is 0 Å². The van der Waals surface area contributed by atoms with Crippen molar-refractivity contribution in [3.63, 3.8) is 0 Å². The normalized spacial score (nSPS) is 12.4. The first-order valence-electron chi connectivity index (χ1n) is 9.43. The van der Waals surface area contributed by atoms with Gasteiger partial charge in [0.25, 0.3) is 0 Å². The molecule has 5 nitrogen and oxygen atoms in total. The summed E-state index contributed by atoms with van der Waals surface area (Å²) in [7, 11) is -3.56. The summed E-state index contributed by atoms with van der Waals surface area (Å²) in [6.45, 7) is 2.11. The maximum Gasteiger partial charge on any atom is 0.232 e. The zero-order chi connectivity index (χ0) is 21.4. The number of nitrogens with zero attached hydrogens (tertiary/aromatic N) is 1. The van der Waals surface area contributed by atoms with Gasteiger partial charge in [0.2, 0.25) is 15.9 Å². The third-order valence-electron chi connectivity index (χ3n) is 4.46. The topological polar surface area (TPSA) is 66.5 Å². The molecule has 0 aliphatic carbocycles. The summed E-state index contributed by atoms with van der Waals surface area (Å²) < 4.78 is 25.6. The Hall–Kier alpha value is -1.76. The fourth-order valence-corrected chi connectivity index (χ4v) is 4.38. The van der Waals surface area contributed by atoms with Crippen molar-refractivity contribution in [2.75, 3.05) is 17.1 Å². The average molecular weight is 457 g/mol. The molecule has 0 aliphatic heterocycles. The monoisotopic (exact) mass is 456 g/mol. The third kappa shape index (κ3) is 7.88. The van der Waals surface area contributed by atoms with Gasteiger partial charge in [0, 0.05) is 24.0 Å². The molecule has 0 fully saturated rings. The minimum absolute atomic E-state index is 0.0380. The quantitative estimate of drug-likeness (QED) is 0.564. The number of halogens is 2. The highest BCUT2D eigenvalue weighted by Crippen LogP contribution is 2.30. The van der Waals surface area contributed by atoms with Gasteiger partial charge in [-0.05, 0) is 49.9 Å². The predicted molar refractivity (Wildman–Crippen MR) is 120 cm³/mol. The van der Waals surface area contributed by atoms with Crippen LogP contribution in [0.4, 0.5) is 5.69 Å². The Morgan fingerprint density at radius 3 is 2.48 bits per heavy atom. The van der Waals surface area contributed by atoms with E-state index in [1.807, 2.05) is 25.1 Å². The number of amides is 1. The summed E-state index contributed by atoms with van der Waals surface area (Å²) in [6.07, 6.45) is 3.42. The molecular weight excluding hydrogens is 431 g/mol. The highest BCUT2D eigenvalue weighted by molar-refractivity contribution is 7.92. The number of benzene rings is 2. The Labute approximate surface area is 183 Å². The fraction of sp³-hybridized carbons (Fsp3) is 0.381. The number of sulfonamides is 1. The molecule has 0 saturated heterocycles. The van der Waals surface area contributed by atoms with E-state index in [1.54, 1.807) is 12.1 Å². The number of aryl methyl sites for hydroxylation is 1. The van der Waals surface area contributed by atoms with Crippen LogP contribution < -0.4 is 9.62 Å². The second-order valence-electron chi connectivity index (χ2n) is 7.03. The lowest BCUT2D eigenvalue weighted by molar-refractivity contribution is -0.121. The van der Waals surface area contributed by atoms with E-state index < -0.39 is 10.0 Å². The van der Waals surface area contributed by atoms with Crippen LogP contribution in [0.2, 0.25) is 10.0 Å². The lowest BCUT2D eigenvalue weighted by Crippen LogP contribution is -2.35. The zero-order valence-electron chi connectivity index (χ0n) is 16.6. The van der Waals surface area contributed by atoms with Gasteiger partial charge in [-0.1, -0.05) is 53.5 Å². The molecule has 0 heterocycles. The van der Waals surface area contributed by atoms with Crippen LogP contribution in [-0.2, 0) is 21.2 Å². The van der Waals surface area contributed by atoms with Crippen LogP contribution in [0.15, 0.2) is 48.5 Å². The Morgan fingerprint density at radius 2 is 1.83 bits per heavy atom. The third-order valence-corrected chi connectivity index (χ3v) is 6.19. The van der Waals surface area contributed by atoms with Crippen molar-refractivity contribution in [1.82, 2.24) is 5.32 Å². The molecule has 0 aromatic heterocycles. The minimum Gasteiger partial charge on any atom is -0.354 e. The number of nitrogens with one attached hydrogen (secondary N) is 1. The van der Waals surface area contributed by atoms with E-state index in [0.717, 1.165) is 19.1 Å². The highest BCUT2D eigenvalue weighted by atomic mass is 35.5. The number of anilines is 1. The van der Waals surface area contributed by atoms with Gasteiger partial charge >= 0.3 is 0 Å². The molecule has 2 aromatic carbocycles. The van der Waals surface area contributed by atoms with Crippen molar-refractivity contribution in [2.24, 2.45) is 0 Å². The first kappa shape index (κ1) is 23.5. The molecule has 1 N–H and O–H groups in total. The van der Waals surface area contributed by atoms with Gasteiger partial charge in [0.1, 0.15) is 0 Å². The highest BCUT2D eigenvalue weighted by Gasteiger charge is 2.20. The van der Waals surface area contributed by atoms with E-state index in [1.165, 1.54) is 15.9 Å². The summed E-state index contributed by atoms with van der Waals surface area (Å²) in [6, 6.07) is 14.8. The SMILES string of the molecule is C[C@H](CCc1ccccc1)NC(=O)CCCN(c1cc(Cl)ccc1Cl)S(C)(=O)=O. The predicted octanol–water partition coefficient (Wildman–Crippen LogP) is 4.68. The van der Waals surface area contributed by atoms with Gasteiger partial charge < -0.3 is 5.32 Å². The summed E-state index contributed by atoms with van der Waals surface area (Å²) in [5.41, 5.74) is 1.55. The smallest absolute Gasteiger partial charge is 0.232 e. The summed E-state index contributed by atoms with van der Waals surface area (Å²) >= 11 is 12.1. The van der Waals surface area contributed by atoms with E-state index in [-0.39, 0.29) is 24.9 Å². The van der Waals surface area contributed by atoms with Crippen molar-refractivity contribution in [3.8, 4) is 0 Å². The Kier molecular flexibility index (Phi) is 8.80. The maximum absolute atomic E-state index is 12.2. The van der Waals surface area contributed by atoms with Crippen LogP contribution in [0, 0.1) is 0 Å². The number of hydrogen-bond acceptors (Lipinski definition) is 3. The molecular formula is C21H26Cl2N2O3S. The van der Waals surface area contributed by atoms with Gasteiger partial charge in [-0.3, -0.25) is 9.10 Å². The van der Waals surface area contributed by atoms with E-state index in [0.29, 0.717) is 22.2 Å². The molecule has 0 unspecified atom stereocenters. The number of rotatable bonds is 10. The molecule has 0 bridgehead atoms. The van der Waals surface area contributed by atoms with Crippen LogP contribution in [0.1, 0.15) is 31.7 Å². The van der Waals surface area contributed by atoms with Gasteiger partial charge in [-0.15, -0.1) is 0 Å². The van der Waals surface area contributed by atoms with Crippen LogP contribution >= 0.6 is 23.2 Å². The van der Waals surface area contributed by atoms with Gasteiger partial charge in [0.05, 0.1) is 17.0 Å². The maximum atomic E-state index is 12.2. The summed E-state index contributed by atoms with van der Waals surface area (Å²) in [4.78, 5) is 12.2. The number of carbonyl (C=O) groups is 1. The van der Waals surface area contributed by atoms with Crippen molar-refractivity contribution in [2.45, 2.75) is 38.6 Å². The first-order chi connectivity index (χ1) is 13.7. The molecule has 1 atom stereocenters. The average Bonchev–Trinajstić information content (AvgIpc) is 2.65. The summed E-state index contributed by atoms with van der Waals surface area (Å²) in [5, 5.41) is 3.65. The second kappa shape index (κ2) is 10.9. The van der Waals surface area contributed by atoms with Gasteiger partial charge in [-0.2, -0.15) is 0 Å². The zero-order valence-corrected chi connectivity index (χ0v) is 18.9. The lowest BCUT2D eigenvalue weighted by Gasteiger charge is -2.23. The molecule has 0 saturated carbocycles. The van der Waals surface area contributed by atoms with Gasteiger partial charge in [-0.25, -0.2) is 8.42 Å². The van der Waals surface area contributed by atoms with Crippen LogP contribution in [0.25, 0.3) is 0 Å². The largest absolute Gasteiger partial charge is 0.354 e. The minimum atomic E-state index is -3.56. The van der Waals surface area contributed by atoms with E-state index in [9.17, 15) is 13.2 Å². The van der Waals surface area contributed by atoms with E-state index in [4.69, 9.17) is 23.2 Å². The molecule has 2 aromatic rings. The molecule has 8 heteroatoms. The molecule has 0 spiro atoms. The molecule has 0 radical (unpaired) electrons. The Morgan fingerprint density at radius 1 is 1.14 bits per heavy atom. The number of hydrogen-bond donors (Lipinski definition) is 1. The molecule has 158 valence electrons. The Balaban J connectivity index is 1.85. The van der Waals surface area contributed by atoms with E-state index in [2.05, 4.69) is 17.4 Å². The number of carbonyl (C=O) groups excluding carboxylic acids is 1. The Bertz CT molecular complexity index is 921. The fourth-order valence-electron chi connectivity index (χ4n) is 2.97. The lowest BCUT2D eigenvalue weighted by atomic mass is 10.1. The second-order valence-corrected chi connectivity index (χ2v) is 9.78. The molecule has 29 heavy (non-hydrogen) atoms. The summed E-state index contributed by atoms with van der Waals surface area (Å²) in [5.74, 6) is -0.101. The first-order valence-corrected chi connectivity index (χ1v) is 12.0. The molecule has 2 rings (SSSR count). The van der Waals surface area contributed by atoms with Crippen LogP contribution in [0.3, 0.4) is 0 Å². The van der Waals surface area contributed by atoms with Crippen molar-refractivity contribution in [1.29, 1.82) is 0 Å². The van der Waals surface area contributed by atoms with Crippen molar-refractivity contribution >= 4 is 44.8 Å². The van der Waals surface area contributed by atoms with Crippen LogP contribution in [0.5, 0.6) is 0 Å².